The molecule has 2 heterocycles. The fourth-order valence-corrected chi connectivity index (χ4v) is 1.42. The lowest BCUT2D eigenvalue weighted by Crippen LogP contribution is -2.01. The van der Waals surface area contributed by atoms with Crippen molar-refractivity contribution in [2.75, 3.05) is 0 Å². The van der Waals surface area contributed by atoms with Gasteiger partial charge in [0.05, 0.1) is 12.7 Å². The molecule has 0 aliphatic carbocycles. The lowest BCUT2D eigenvalue weighted by molar-refractivity contribution is 0.685. The van der Waals surface area contributed by atoms with Gasteiger partial charge in [0, 0.05) is 24.5 Å². The molecule has 0 spiro atoms. The molecular weight excluding hydrogens is 238 g/mol. The molecule has 0 aliphatic rings. The Hall–Kier alpha value is -1.90. The van der Waals surface area contributed by atoms with Crippen LogP contribution in [0.3, 0.4) is 0 Å². The van der Waals surface area contributed by atoms with Crippen LogP contribution in [-0.2, 0) is 13.1 Å². The van der Waals surface area contributed by atoms with Gasteiger partial charge < -0.3 is 5.73 Å². The van der Waals surface area contributed by atoms with Gasteiger partial charge in [-0.2, -0.15) is 10.4 Å². The van der Waals surface area contributed by atoms with Crippen LogP contribution in [0.5, 0.6) is 0 Å². The Bertz CT molecular complexity index is 529. The Morgan fingerprint density at radius 1 is 1.41 bits per heavy atom. The van der Waals surface area contributed by atoms with Gasteiger partial charge in [-0.3, -0.25) is 4.68 Å². The molecule has 0 saturated heterocycles. The minimum Gasteiger partial charge on any atom is -0.326 e. The van der Waals surface area contributed by atoms with Gasteiger partial charge in [0.25, 0.3) is 0 Å². The van der Waals surface area contributed by atoms with Crippen molar-refractivity contribution in [3.8, 4) is 6.07 Å². The Morgan fingerprint density at radius 3 is 2.88 bits per heavy atom. The lowest BCUT2D eigenvalue weighted by atomic mass is 10.2. The maximum absolute atomic E-state index is 8.72. The summed E-state index contributed by atoms with van der Waals surface area (Å²) in [5.74, 6) is 0. The number of nitrogens with zero attached hydrogens (tertiary/aromatic N) is 4. The van der Waals surface area contributed by atoms with Gasteiger partial charge in [-0.05, 0) is 17.7 Å². The number of nitriles is 1. The zero-order valence-electron chi connectivity index (χ0n) is 9.08. The number of nitrogens with two attached hydrogens (primary N) is 1. The second kappa shape index (κ2) is 5.99. The second-order valence-electron chi connectivity index (χ2n) is 3.41. The van der Waals surface area contributed by atoms with E-state index in [-0.39, 0.29) is 12.4 Å². The van der Waals surface area contributed by atoms with Crippen molar-refractivity contribution in [3.05, 3.63) is 47.5 Å². The highest BCUT2D eigenvalue weighted by Crippen LogP contribution is 2.04. The maximum Gasteiger partial charge on any atom is 0.140 e. The Morgan fingerprint density at radius 2 is 2.24 bits per heavy atom. The van der Waals surface area contributed by atoms with Crippen molar-refractivity contribution in [3.63, 3.8) is 0 Å². The molecule has 2 rings (SSSR count). The summed E-state index contributed by atoms with van der Waals surface area (Å²) in [6.45, 7) is 1.11. The van der Waals surface area contributed by atoms with Gasteiger partial charge in [0.1, 0.15) is 11.8 Å². The minimum atomic E-state index is 0. The summed E-state index contributed by atoms with van der Waals surface area (Å²) < 4.78 is 1.79. The molecule has 0 aliphatic heterocycles. The highest BCUT2D eigenvalue weighted by atomic mass is 35.5. The van der Waals surface area contributed by atoms with Crippen molar-refractivity contribution in [2.45, 2.75) is 13.1 Å². The molecular formula is C11H12ClN5. The van der Waals surface area contributed by atoms with E-state index in [1.807, 2.05) is 18.3 Å². The monoisotopic (exact) mass is 249 g/mol. The fraction of sp³-hybridized carbons (Fsp3) is 0.182. The Balaban J connectivity index is 0.00000144. The molecule has 0 radical (unpaired) electrons. The summed E-state index contributed by atoms with van der Waals surface area (Å²) in [7, 11) is 0. The minimum absolute atomic E-state index is 0. The van der Waals surface area contributed by atoms with Crippen LogP contribution in [0.25, 0.3) is 0 Å². The molecule has 6 heteroatoms. The highest BCUT2D eigenvalue weighted by molar-refractivity contribution is 5.85. The third kappa shape index (κ3) is 3.28. The van der Waals surface area contributed by atoms with Crippen LogP contribution < -0.4 is 5.73 Å². The van der Waals surface area contributed by atoms with E-state index in [0.29, 0.717) is 18.8 Å². The van der Waals surface area contributed by atoms with E-state index in [1.165, 1.54) is 0 Å². The van der Waals surface area contributed by atoms with Gasteiger partial charge >= 0.3 is 0 Å². The van der Waals surface area contributed by atoms with Gasteiger partial charge in [0.2, 0.25) is 0 Å². The molecule has 5 nitrogen and oxygen atoms in total. The lowest BCUT2D eigenvalue weighted by Gasteiger charge is -2.01. The van der Waals surface area contributed by atoms with Crippen LogP contribution in [0.1, 0.15) is 16.8 Å². The van der Waals surface area contributed by atoms with Crippen molar-refractivity contribution in [1.29, 1.82) is 5.26 Å². The van der Waals surface area contributed by atoms with Crippen LogP contribution in [0, 0.1) is 11.3 Å². The summed E-state index contributed by atoms with van der Waals surface area (Å²) in [5, 5.41) is 12.9. The molecule has 0 atom stereocenters. The molecule has 2 aromatic rings. The van der Waals surface area contributed by atoms with Crippen LogP contribution in [0.2, 0.25) is 0 Å². The topological polar surface area (TPSA) is 80.5 Å². The number of aromatic nitrogens is 3. The molecule has 88 valence electrons. The zero-order valence-corrected chi connectivity index (χ0v) is 9.89. The first-order valence-electron chi connectivity index (χ1n) is 4.88. The molecule has 0 amide bonds. The van der Waals surface area contributed by atoms with Crippen LogP contribution in [0.15, 0.2) is 30.7 Å². The molecule has 0 unspecified atom stereocenters. The molecule has 2 aromatic heterocycles. The van der Waals surface area contributed by atoms with Gasteiger partial charge in [-0.1, -0.05) is 0 Å². The quantitative estimate of drug-likeness (QED) is 0.883. The van der Waals surface area contributed by atoms with E-state index >= 15 is 0 Å². The van der Waals surface area contributed by atoms with Crippen molar-refractivity contribution >= 4 is 12.4 Å². The zero-order chi connectivity index (χ0) is 11.4. The fourth-order valence-electron chi connectivity index (χ4n) is 1.42. The molecule has 0 saturated carbocycles. The van der Waals surface area contributed by atoms with Gasteiger partial charge in [-0.15, -0.1) is 12.4 Å². The van der Waals surface area contributed by atoms with E-state index < -0.39 is 0 Å². The number of rotatable bonds is 3. The van der Waals surface area contributed by atoms with Crippen LogP contribution >= 0.6 is 12.4 Å². The predicted octanol–water partition coefficient (Wildman–Crippen LogP) is 1.08. The van der Waals surface area contributed by atoms with Gasteiger partial charge in [0.15, 0.2) is 0 Å². The summed E-state index contributed by atoms with van der Waals surface area (Å²) in [6.07, 6.45) is 5.26. The smallest absolute Gasteiger partial charge is 0.140 e. The van der Waals surface area contributed by atoms with Crippen molar-refractivity contribution < 1.29 is 0 Å². The average molecular weight is 250 g/mol. The molecule has 0 fully saturated rings. The summed E-state index contributed by atoms with van der Waals surface area (Å²) >= 11 is 0. The third-order valence-corrected chi connectivity index (χ3v) is 2.21. The summed E-state index contributed by atoms with van der Waals surface area (Å²) in [5.41, 5.74) is 7.91. The average Bonchev–Trinajstić information content (AvgIpc) is 2.77. The number of hydrogen-bond donors (Lipinski definition) is 1. The van der Waals surface area contributed by atoms with Crippen LogP contribution in [0.4, 0.5) is 0 Å². The second-order valence-corrected chi connectivity index (χ2v) is 3.41. The Labute approximate surface area is 105 Å². The Kier molecular flexibility index (Phi) is 4.64. The molecule has 0 bridgehead atoms. The molecule has 0 aromatic carbocycles. The first-order chi connectivity index (χ1) is 7.81. The highest BCUT2D eigenvalue weighted by Gasteiger charge is 2.00. The van der Waals surface area contributed by atoms with Gasteiger partial charge in [-0.25, -0.2) is 4.98 Å². The molecule has 17 heavy (non-hydrogen) atoms. The number of pyridine rings is 1. The number of halogens is 1. The normalized spacial score (nSPS) is 9.41. The summed E-state index contributed by atoms with van der Waals surface area (Å²) in [6, 6.07) is 5.63. The van der Waals surface area contributed by atoms with E-state index in [4.69, 9.17) is 11.0 Å². The van der Waals surface area contributed by atoms with Crippen LogP contribution in [-0.4, -0.2) is 14.8 Å². The largest absolute Gasteiger partial charge is 0.326 e. The van der Waals surface area contributed by atoms with E-state index in [2.05, 4.69) is 10.1 Å². The maximum atomic E-state index is 8.72. The SMILES string of the molecule is Cl.N#Cc1cc(Cn2cc(CN)cn2)ccn1. The van der Waals surface area contributed by atoms with Crippen molar-refractivity contribution in [2.24, 2.45) is 5.73 Å². The summed E-state index contributed by atoms with van der Waals surface area (Å²) in [4.78, 5) is 3.91. The van der Waals surface area contributed by atoms with E-state index in [9.17, 15) is 0 Å². The standard InChI is InChI=1S/C11H11N5.ClH/c12-4-10-6-15-16(8-10)7-9-1-2-14-11(3-9)5-13;/h1-3,6,8H,4,7,12H2;1H. The first kappa shape index (κ1) is 13.2. The van der Waals surface area contributed by atoms with E-state index in [1.54, 1.807) is 23.1 Å². The first-order valence-corrected chi connectivity index (χ1v) is 4.88. The molecule has 2 N–H and O–H groups in total. The third-order valence-electron chi connectivity index (χ3n) is 2.21. The number of hydrogen-bond acceptors (Lipinski definition) is 4. The predicted molar refractivity (Wildman–Crippen MR) is 65.4 cm³/mol. The van der Waals surface area contributed by atoms with E-state index in [0.717, 1.165) is 11.1 Å². The van der Waals surface area contributed by atoms with Crippen molar-refractivity contribution in [1.82, 2.24) is 14.8 Å².